The molecule has 1 aliphatic rings. The van der Waals surface area contributed by atoms with Gasteiger partial charge in [0.1, 0.15) is 10.7 Å². The lowest BCUT2D eigenvalue weighted by molar-refractivity contribution is -0.123. The molecule has 2 atom stereocenters. The third-order valence-corrected chi connectivity index (χ3v) is 7.56. The molecular weight excluding hydrogens is 490 g/mol. The molecule has 37 heavy (non-hydrogen) atoms. The van der Waals surface area contributed by atoms with Gasteiger partial charge in [0.15, 0.2) is 0 Å². The van der Waals surface area contributed by atoms with E-state index in [1.807, 2.05) is 59.3 Å². The Morgan fingerprint density at radius 3 is 2.27 bits per heavy atom. The number of benzene rings is 3. The van der Waals surface area contributed by atoms with Crippen LogP contribution in [0.4, 0.5) is 0 Å². The first kappa shape index (κ1) is 24.4. The molecular formula is C27H25N5O4S. The van der Waals surface area contributed by atoms with E-state index in [1.165, 1.54) is 0 Å². The Morgan fingerprint density at radius 1 is 0.919 bits per heavy atom. The van der Waals surface area contributed by atoms with Crippen molar-refractivity contribution in [3.63, 3.8) is 0 Å². The number of nitrogens with one attached hydrogen (secondary N) is 3. The van der Waals surface area contributed by atoms with E-state index in [2.05, 4.69) is 15.3 Å². The number of carbonyl (C=O) groups excluding carboxylic acids is 2. The fraction of sp³-hybridized carbons (Fsp3) is 0.148. The summed E-state index contributed by atoms with van der Waals surface area (Å²) in [4.78, 5) is 32.5. The minimum atomic E-state index is -3.86. The van der Waals surface area contributed by atoms with Crippen LogP contribution in [0.15, 0.2) is 84.9 Å². The number of aromatic nitrogens is 2. The maximum absolute atomic E-state index is 13.1. The highest BCUT2D eigenvalue weighted by atomic mass is 32.2. The molecule has 2 amide bonds. The maximum Gasteiger partial charge on any atom is 0.265 e. The van der Waals surface area contributed by atoms with E-state index in [9.17, 15) is 18.0 Å². The molecule has 2 heterocycles. The predicted octanol–water partition coefficient (Wildman–Crippen LogP) is 2.33. The van der Waals surface area contributed by atoms with Gasteiger partial charge >= 0.3 is 0 Å². The van der Waals surface area contributed by atoms with Gasteiger partial charge in [0.25, 0.3) is 15.9 Å². The molecule has 0 saturated heterocycles. The summed E-state index contributed by atoms with van der Waals surface area (Å²) in [6.45, 7) is 0. The number of nitrogens with two attached hydrogens (primary N) is 1. The number of amides is 2. The van der Waals surface area contributed by atoms with Crippen LogP contribution in [-0.4, -0.2) is 36.2 Å². The van der Waals surface area contributed by atoms with Crippen molar-refractivity contribution in [2.24, 2.45) is 5.73 Å². The summed E-state index contributed by atoms with van der Waals surface area (Å²) in [5, 5.41) is 3.03. The lowest BCUT2D eigenvalue weighted by atomic mass is 10.0. The van der Waals surface area contributed by atoms with Gasteiger partial charge in [-0.15, -0.1) is 0 Å². The molecule has 4 aromatic rings. The number of hydrogen-bond donors (Lipinski definition) is 4. The smallest absolute Gasteiger partial charge is 0.265 e. The molecule has 5 N–H and O–H groups in total. The Balaban J connectivity index is 1.38. The number of fused-ring (bicyclic) bond motifs is 1. The van der Waals surface area contributed by atoms with Crippen molar-refractivity contribution in [2.45, 2.75) is 24.9 Å². The second-order valence-electron chi connectivity index (χ2n) is 8.88. The lowest BCUT2D eigenvalue weighted by Gasteiger charge is -2.20. The molecule has 188 valence electrons. The van der Waals surface area contributed by atoms with E-state index in [4.69, 9.17) is 5.73 Å². The highest BCUT2D eigenvalue weighted by Crippen LogP contribution is 2.26. The Bertz CT molecular complexity index is 1560. The minimum absolute atomic E-state index is 0.0712. The van der Waals surface area contributed by atoms with Gasteiger partial charge in [0, 0.05) is 6.08 Å². The third kappa shape index (κ3) is 5.45. The first-order chi connectivity index (χ1) is 17.8. The number of aromatic amines is 1. The van der Waals surface area contributed by atoms with Gasteiger partial charge in [-0.3, -0.25) is 9.59 Å². The average molecular weight is 516 g/mol. The molecule has 0 unspecified atom stereocenters. The van der Waals surface area contributed by atoms with Crippen LogP contribution < -0.4 is 15.8 Å². The summed E-state index contributed by atoms with van der Waals surface area (Å²) in [6.07, 6.45) is 1.84. The van der Waals surface area contributed by atoms with Crippen molar-refractivity contribution < 1.29 is 18.0 Å². The van der Waals surface area contributed by atoms with E-state index >= 15 is 0 Å². The molecule has 0 aliphatic carbocycles. The van der Waals surface area contributed by atoms with Crippen LogP contribution in [-0.2, 0) is 32.5 Å². The number of para-hydroxylation sites is 2. The van der Waals surface area contributed by atoms with Crippen molar-refractivity contribution in [1.82, 2.24) is 20.0 Å². The zero-order valence-corrected chi connectivity index (χ0v) is 20.5. The van der Waals surface area contributed by atoms with E-state index in [1.54, 1.807) is 24.3 Å². The fourth-order valence-electron chi connectivity index (χ4n) is 4.29. The van der Waals surface area contributed by atoms with Gasteiger partial charge in [0.05, 0.1) is 23.1 Å². The fourth-order valence-corrected chi connectivity index (χ4v) is 5.43. The highest BCUT2D eigenvalue weighted by Gasteiger charge is 2.29. The molecule has 5 rings (SSSR count). The normalized spacial score (nSPS) is 16.1. The first-order valence-corrected chi connectivity index (χ1v) is 13.2. The molecule has 9 nitrogen and oxygen atoms in total. The number of imidazole rings is 1. The average Bonchev–Trinajstić information content (AvgIpc) is 3.44. The molecule has 0 radical (unpaired) electrons. The summed E-state index contributed by atoms with van der Waals surface area (Å²) in [5.74, 6) is -0.391. The lowest BCUT2D eigenvalue weighted by Crippen LogP contribution is -2.44. The summed E-state index contributed by atoms with van der Waals surface area (Å²) in [7, 11) is -3.86. The Labute approximate surface area is 213 Å². The van der Waals surface area contributed by atoms with E-state index in [0.717, 1.165) is 28.2 Å². The Kier molecular flexibility index (Phi) is 6.60. The largest absolute Gasteiger partial charge is 0.344 e. The number of H-pyrrole nitrogens is 1. The Morgan fingerprint density at radius 2 is 1.59 bits per heavy atom. The minimum Gasteiger partial charge on any atom is -0.344 e. The summed E-state index contributed by atoms with van der Waals surface area (Å²) in [5.41, 5.74) is 10.0. The van der Waals surface area contributed by atoms with E-state index < -0.39 is 28.0 Å². The van der Waals surface area contributed by atoms with Crippen molar-refractivity contribution in [3.05, 3.63) is 107 Å². The van der Waals surface area contributed by atoms with Gasteiger partial charge in [-0.05, 0) is 41.7 Å². The zero-order chi connectivity index (χ0) is 26.0. The third-order valence-electron chi connectivity index (χ3n) is 6.15. The van der Waals surface area contributed by atoms with Crippen LogP contribution in [0.3, 0.4) is 0 Å². The van der Waals surface area contributed by atoms with E-state index in [0.29, 0.717) is 24.2 Å². The van der Waals surface area contributed by atoms with Crippen LogP contribution in [0.5, 0.6) is 0 Å². The molecule has 3 aromatic carbocycles. The molecule has 10 heteroatoms. The van der Waals surface area contributed by atoms with Crippen LogP contribution in [0.2, 0.25) is 0 Å². The number of carbonyl (C=O) groups is 2. The van der Waals surface area contributed by atoms with Crippen molar-refractivity contribution in [1.29, 1.82) is 0 Å². The maximum atomic E-state index is 13.1. The van der Waals surface area contributed by atoms with Crippen LogP contribution >= 0.6 is 0 Å². The van der Waals surface area contributed by atoms with Gasteiger partial charge in [-0.1, -0.05) is 66.7 Å². The SMILES string of the molecule is N[C@@H](Cc1ccccc1)C(=O)N[C@@H](Cc1ccc(C2=CC(=O)NS2(=O)=O)cc1)c1nc2ccccc2[nH]1. The quantitative estimate of drug-likeness (QED) is 0.283. The van der Waals surface area contributed by atoms with Crippen LogP contribution in [0.1, 0.15) is 28.6 Å². The summed E-state index contributed by atoms with van der Waals surface area (Å²) < 4.78 is 26.2. The molecule has 1 aromatic heterocycles. The molecule has 0 spiro atoms. The molecule has 0 bridgehead atoms. The number of nitrogens with zero attached hydrogens (tertiary/aromatic N) is 1. The Hall–Kier alpha value is -4.28. The number of sulfonamides is 1. The van der Waals surface area contributed by atoms with Crippen LogP contribution in [0, 0.1) is 0 Å². The highest BCUT2D eigenvalue weighted by molar-refractivity contribution is 7.99. The molecule has 1 aliphatic heterocycles. The second kappa shape index (κ2) is 10.00. The van der Waals surface area contributed by atoms with Gasteiger partial charge < -0.3 is 16.0 Å². The van der Waals surface area contributed by atoms with Gasteiger partial charge in [0.2, 0.25) is 5.91 Å². The summed E-state index contributed by atoms with van der Waals surface area (Å²) >= 11 is 0. The van der Waals surface area contributed by atoms with Gasteiger partial charge in [-0.25, -0.2) is 18.1 Å². The zero-order valence-electron chi connectivity index (χ0n) is 19.7. The monoisotopic (exact) mass is 515 g/mol. The summed E-state index contributed by atoms with van der Waals surface area (Å²) in [6, 6.07) is 22.7. The van der Waals surface area contributed by atoms with Crippen molar-refractivity contribution in [2.75, 3.05) is 0 Å². The number of hydrogen-bond acceptors (Lipinski definition) is 6. The second-order valence-corrected chi connectivity index (χ2v) is 10.5. The predicted molar refractivity (Wildman–Crippen MR) is 140 cm³/mol. The first-order valence-electron chi connectivity index (χ1n) is 11.7. The number of rotatable bonds is 8. The molecule has 0 saturated carbocycles. The molecule has 0 fully saturated rings. The standard InChI is InChI=1S/C27H25N5O4S/c28-20(14-17-6-2-1-3-7-17)27(34)31-23(26-29-21-8-4-5-9-22(21)30-26)15-18-10-12-19(13-11-18)24-16-25(33)32-37(24,35)36/h1-13,16,20,23H,14-15,28H2,(H,29,30)(H,31,34)(H,32,33)/t20-,23-/m0/s1. The van der Waals surface area contributed by atoms with Crippen molar-refractivity contribution >= 4 is 37.8 Å². The van der Waals surface area contributed by atoms with Gasteiger partial charge in [-0.2, -0.15) is 0 Å². The van der Waals surface area contributed by atoms with E-state index in [-0.39, 0.29) is 10.8 Å². The van der Waals surface area contributed by atoms with Crippen LogP contribution in [0.25, 0.3) is 15.9 Å². The van der Waals surface area contributed by atoms with Crippen molar-refractivity contribution in [3.8, 4) is 0 Å². The topological polar surface area (TPSA) is 147 Å².